The molecule has 0 aliphatic carbocycles. The van der Waals surface area contributed by atoms with Crippen molar-refractivity contribution >= 4 is 40.7 Å². The Bertz CT molecular complexity index is 345. The molecule has 0 radical (unpaired) electrons. The quantitative estimate of drug-likeness (QED) is 0.835. The minimum absolute atomic E-state index is 0.129. The topological polar surface area (TPSA) is 29.1 Å². The maximum atomic E-state index is 11.7. The minimum Gasteiger partial charge on any atom is -0.350 e. The number of hydrogen-bond acceptors (Lipinski definition) is 1. The summed E-state index contributed by atoms with van der Waals surface area (Å²) in [5.41, 5.74) is 0.290. The number of carbonyl (C=O) groups is 1. The molecule has 0 aliphatic heterocycles. The van der Waals surface area contributed by atoms with E-state index in [9.17, 15) is 4.79 Å². The monoisotopic (exact) mass is 265 g/mol. The predicted octanol–water partition coefficient (Wildman–Crippen LogP) is 3.35. The Labute approximate surface area is 104 Å². The maximum Gasteiger partial charge on any atom is 0.254 e. The second kappa shape index (κ2) is 5.59. The fraction of sp³-hybridized carbons (Fsp3) is 0.300. The van der Waals surface area contributed by atoms with Crippen LogP contribution in [0.15, 0.2) is 18.2 Å². The third kappa shape index (κ3) is 3.56. The Morgan fingerprint density at radius 3 is 2.40 bits per heavy atom. The highest BCUT2D eigenvalue weighted by molar-refractivity contribution is 6.39. The molecule has 1 N–H and O–H groups in total. The third-order valence-corrected chi connectivity index (χ3v) is 2.52. The molecule has 1 unspecified atom stereocenters. The van der Waals surface area contributed by atoms with E-state index in [-0.39, 0.29) is 16.8 Å². The Kier molecular flexibility index (Phi) is 4.71. The number of rotatable bonds is 3. The summed E-state index contributed by atoms with van der Waals surface area (Å²) >= 11 is 17.4. The van der Waals surface area contributed by atoms with Gasteiger partial charge in [0.2, 0.25) is 0 Å². The number of nitrogens with one attached hydrogen (secondary N) is 1. The van der Waals surface area contributed by atoms with Crippen LogP contribution >= 0.6 is 34.8 Å². The highest BCUT2D eigenvalue weighted by Crippen LogP contribution is 2.23. The van der Waals surface area contributed by atoms with Gasteiger partial charge in [0.15, 0.2) is 0 Å². The van der Waals surface area contributed by atoms with E-state index in [0.717, 1.165) is 0 Å². The molecule has 0 bridgehead atoms. The molecule has 2 nitrogen and oxygen atoms in total. The summed E-state index contributed by atoms with van der Waals surface area (Å²) in [5, 5.41) is 3.18. The van der Waals surface area contributed by atoms with E-state index in [1.807, 2.05) is 0 Å². The van der Waals surface area contributed by atoms with E-state index < -0.39 is 0 Å². The van der Waals surface area contributed by atoms with Gasteiger partial charge >= 0.3 is 0 Å². The summed E-state index contributed by atoms with van der Waals surface area (Å²) in [4.78, 5) is 11.7. The lowest BCUT2D eigenvalue weighted by Crippen LogP contribution is -2.28. The van der Waals surface area contributed by atoms with Gasteiger partial charge in [-0.2, -0.15) is 0 Å². The van der Waals surface area contributed by atoms with Gasteiger partial charge in [0.05, 0.1) is 15.6 Å². The fourth-order valence-electron chi connectivity index (χ4n) is 1.04. The zero-order valence-corrected chi connectivity index (χ0v) is 10.3. The molecule has 1 atom stereocenters. The molecule has 5 heteroatoms. The van der Waals surface area contributed by atoms with Crippen molar-refractivity contribution < 1.29 is 4.79 Å². The first-order valence-corrected chi connectivity index (χ1v) is 5.58. The van der Waals surface area contributed by atoms with Crippen molar-refractivity contribution in [2.24, 2.45) is 0 Å². The SMILES string of the molecule is CC(Cl)CNC(=O)c1c(Cl)cccc1Cl. The van der Waals surface area contributed by atoms with Crippen LogP contribution in [0, 0.1) is 0 Å². The van der Waals surface area contributed by atoms with Gasteiger partial charge in [-0.05, 0) is 19.1 Å². The normalized spacial score (nSPS) is 12.3. The molecule has 15 heavy (non-hydrogen) atoms. The number of amides is 1. The Balaban J connectivity index is 2.82. The fourth-order valence-corrected chi connectivity index (χ4v) is 1.68. The smallest absolute Gasteiger partial charge is 0.254 e. The van der Waals surface area contributed by atoms with Crippen molar-refractivity contribution in [3.63, 3.8) is 0 Å². The molecule has 0 aromatic heterocycles. The van der Waals surface area contributed by atoms with Crippen molar-refractivity contribution in [1.29, 1.82) is 0 Å². The first-order valence-electron chi connectivity index (χ1n) is 4.38. The Morgan fingerprint density at radius 1 is 1.40 bits per heavy atom. The summed E-state index contributed by atoms with van der Waals surface area (Å²) in [7, 11) is 0. The van der Waals surface area contributed by atoms with Crippen molar-refractivity contribution in [1.82, 2.24) is 5.32 Å². The van der Waals surface area contributed by atoms with Gasteiger partial charge in [0.1, 0.15) is 0 Å². The van der Waals surface area contributed by atoms with Crippen molar-refractivity contribution in [3.05, 3.63) is 33.8 Å². The van der Waals surface area contributed by atoms with Gasteiger partial charge in [-0.25, -0.2) is 0 Å². The lowest BCUT2D eigenvalue weighted by molar-refractivity contribution is 0.0954. The van der Waals surface area contributed by atoms with Crippen LogP contribution in [0.2, 0.25) is 10.0 Å². The first kappa shape index (κ1) is 12.6. The summed E-state index contributed by atoms with van der Waals surface area (Å²) in [6.07, 6.45) is 0. The molecule has 82 valence electrons. The van der Waals surface area contributed by atoms with Crippen molar-refractivity contribution in [3.8, 4) is 0 Å². The van der Waals surface area contributed by atoms with E-state index >= 15 is 0 Å². The van der Waals surface area contributed by atoms with Gasteiger partial charge in [0.25, 0.3) is 5.91 Å². The molecule has 0 saturated heterocycles. The average molecular weight is 267 g/mol. The van der Waals surface area contributed by atoms with Crippen molar-refractivity contribution in [2.45, 2.75) is 12.3 Å². The van der Waals surface area contributed by atoms with E-state index in [0.29, 0.717) is 16.6 Å². The Morgan fingerprint density at radius 2 is 1.93 bits per heavy atom. The van der Waals surface area contributed by atoms with Crippen LogP contribution in [0.25, 0.3) is 0 Å². The first-order chi connectivity index (χ1) is 7.02. The van der Waals surface area contributed by atoms with Crippen LogP contribution in [-0.2, 0) is 0 Å². The second-order valence-corrected chi connectivity index (χ2v) is 4.65. The lowest BCUT2D eigenvalue weighted by atomic mass is 10.2. The third-order valence-electron chi connectivity index (χ3n) is 1.73. The van der Waals surface area contributed by atoms with Gasteiger partial charge in [-0.1, -0.05) is 29.3 Å². The zero-order chi connectivity index (χ0) is 11.4. The number of benzene rings is 1. The van der Waals surface area contributed by atoms with Gasteiger partial charge < -0.3 is 5.32 Å². The van der Waals surface area contributed by atoms with E-state index in [2.05, 4.69) is 5.32 Å². The zero-order valence-electron chi connectivity index (χ0n) is 8.06. The molecular weight excluding hydrogens is 256 g/mol. The summed E-state index contributed by atoms with van der Waals surface area (Å²) in [6, 6.07) is 4.92. The Hall–Kier alpha value is -0.440. The molecule has 1 aromatic rings. The number of hydrogen-bond donors (Lipinski definition) is 1. The predicted molar refractivity (Wildman–Crippen MR) is 64.1 cm³/mol. The van der Waals surface area contributed by atoms with E-state index in [4.69, 9.17) is 34.8 Å². The standard InChI is InChI=1S/C10H10Cl3NO/c1-6(11)5-14-10(15)9-7(12)3-2-4-8(9)13/h2-4,6H,5H2,1H3,(H,14,15). The lowest BCUT2D eigenvalue weighted by Gasteiger charge is -2.08. The van der Waals surface area contributed by atoms with Crippen molar-refractivity contribution in [2.75, 3.05) is 6.54 Å². The second-order valence-electron chi connectivity index (χ2n) is 3.09. The molecule has 0 saturated carbocycles. The van der Waals surface area contributed by atoms with Crippen LogP contribution in [-0.4, -0.2) is 17.8 Å². The van der Waals surface area contributed by atoms with Crippen LogP contribution < -0.4 is 5.32 Å². The maximum absolute atomic E-state index is 11.7. The summed E-state index contributed by atoms with van der Waals surface area (Å²) in [5.74, 6) is -0.307. The molecule has 0 heterocycles. The van der Waals surface area contributed by atoms with Gasteiger partial charge in [-0.15, -0.1) is 11.6 Å². The molecule has 1 amide bonds. The molecule has 0 aliphatic rings. The molecule has 1 rings (SSSR count). The minimum atomic E-state index is -0.307. The van der Waals surface area contributed by atoms with Gasteiger partial charge in [0, 0.05) is 11.9 Å². The number of halogens is 3. The largest absolute Gasteiger partial charge is 0.350 e. The molecule has 0 spiro atoms. The number of carbonyl (C=O) groups excluding carboxylic acids is 1. The van der Waals surface area contributed by atoms with Crippen LogP contribution in [0.4, 0.5) is 0 Å². The average Bonchev–Trinajstić information content (AvgIpc) is 2.14. The molecule has 0 fully saturated rings. The summed E-state index contributed by atoms with van der Waals surface area (Å²) < 4.78 is 0. The van der Waals surface area contributed by atoms with Crippen LogP contribution in [0.1, 0.15) is 17.3 Å². The summed E-state index contributed by atoms with van der Waals surface area (Å²) in [6.45, 7) is 2.16. The van der Waals surface area contributed by atoms with Crippen LogP contribution in [0.3, 0.4) is 0 Å². The van der Waals surface area contributed by atoms with Gasteiger partial charge in [-0.3, -0.25) is 4.79 Å². The molecular formula is C10H10Cl3NO. The highest BCUT2D eigenvalue weighted by Gasteiger charge is 2.14. The van der Waals surface area contributed by atoms with E-state index in [1.165, 1.54) is 0 Å². The number of alkyl halides is 1. The highest BCUT2D eigenvalue weighted by atomic mass is 35.5. The van der Waals surface area contributed by atoms with Crippen LogP contribution in [0.5, 0.6) is 0 Å². The molecule has 1 aromatic carbocycles. The van der Waals surface area contributed by atoms with E-state index in [1.54, 1.807) is 25.1 Å².